The van der Waals surface area contributed by atoms with E-state index in [1.807, 2.05) is 0 Å². The van der Waals surface area contributed by atoms with Gasteiger partial charge in [-0.25, -0.2) is 0 Å². The highest BCUT2D eigenvalue weighted by molar-refractivity contribution is 5.42. The fraction of sp³-hybridized carbons (Fsp3) is 0.625. The molecular formula is C16H26N2O. The van der Waals surface area contributed by atoms with Crippen LogP contribution in [0.2, 0.25) is 0 Å². The summed E-state index contributed by atoms with van der Waals surface area (Å²) in [7, 11) is 1.73. The van der Waals surface area contributed by atoms with Gasteiger partial charge in [-0.15, -0.1) is 0 Å². The van der Waals surface area contributed by atoms with Crippen molar-refractivity contribution in [3.05, 3.63) is 29.3 Å². The minimum atomic E-state index is 0.0172. The standard InChI is InChI=1S/C16H26N2O/c1-4-18(5-2)16(12-17)10-6-7-13-11-14(19-3)8-9-15(13)16/h8-9,11H,4-7,10,12,17H2,1-3H3. The number of nitrogens with zero attached hydrogens (tertiary/aromatic N) is 1. The molecule has 0 radical (unpaired) electrons. The predicted octanol–water partition coefficient (Wildman–Crippen LogP) is 2.53. The maximum atomic E-state index is 6.20. The minimum Gasteiger partial charge on any atom is -0.497 e. The number of hydrogen-bond donors (Lipinski definition) is 1. The molecule has 0 bridgehead atoms. The number of rotatable bonds is 5. The van der Waals surface area contributed by atoms with Crippen molar-refractivity contribution in [2.24, 2.45) is 5.73 Å². The molecule has 1 aliphatic rings. The third-order valence-corrected chi connectivity index (χ3v) is 4.56. The van der Waals surface area contributed by atoms with Gasteiger partial charge in [-0.2, -0.15) is 0 Å². The van der Waals surface area contributed by atoms with E-state index in [0.717, 1.165) is 31.7 Å². The molecule has 0 amide bonds. The lowest BCUT2D eigenvalue weighted by atomic mass is 9.75. The van der Waals surface area contributed by atoms with Gasteiger partial charge in [0.15, 0.2) is 0 Å². The monoisotopic (exact) mass is 262 g/mol. The van der Waals surface area contributed by atoms with Gasteiger partial charge in [0.2, 0.25) is 0 Å². The molecule has 1 atom stereocenters. The maximum Gasteiger partial charge on any atom is 0.119 e. The van der Waals surface area contributed by atoms with Gasteiger partial charge in [-0.05, 0) is 55.6 Å². The van der Waals surface area contributed by atoms with Crippen LogP contribution in [0.1, 0.15) is 37.8 Å². The largest absolute Gasteiger partial charge is 0.497 e. The second-order valence-corrected chi connectivity index (χ2v) is 5.28. The van der Waals surface area contributed by atoms with Crippen molar-refractivity contribution in [2.45, 2.75) is 38.6 Å². The Morgan fingerprint density at radius 1 is 1.32 bits per heavy atom. The van der Waals surface area contributed by atoms with Gasteiger partial charge in [0, 0.05) is 6.54 Å². The van der Waals surface area contributed by atoms with Crippen LogP contribution in [0.4, 0.5) is 0 Å². The molecule has 2 N–H and O–H groups in total. The highest BCUT2D eigenvalue weighted by Gasteiger charge is 2.39. The Hall–Kier alpha value is -1.06. The van der Waals surface area contributed by atoms with Gasteiger partial charge in [0.25, 0.3) is 0 Å². The zero-order valence-electron chi connectivity index (χ0n) is 12.4. The molecule has 1 aromatic carbocycles. The molecule has 2 rings (SSSR count). The molecule has 1 aromatic rings. The molecule has 19 heavy (non-hydrogen) atoms. The lowest BCUT2D eigenvalue weighted by molar-refractivity contribution is 0.0856. The molecular weight excluding hydrogens is 236 g/mol. The van der Waals surface area contributed by atoms with Crippen molar-refractivity contribution in [2.75, 3.05) is 26.7 Å². The third kappa shape index (κ3) is 2.37. The number of fused-ring (bicyclic) bond motifs is 1. The summed E-state index contributed by atoms with van der Waals surface area (Å²) < 4.78 is 5.35. The summed E-state index contributed by atoms with van der Waals surface area (Å²) in [4.78, 5) is 2.51. The van der Waals surface area contributed by atoms with E-state index in [0.29, 0.717) is 6.54 Å². The molecule has 1 aliphatic carbocycles. The van der Waals surface area contributed by atoms with Crippen molar-refractivity contribution in [1.29, 1.82) is 0 Å². The Balaban J connectivity index is 2.49. The van der Waals surface area contributed by atoms with Crippen LogP contribution in [0.15, 0.2) is 18.2 Å². The van der Waals surface area contributed by atoms with Crippen molar-refractivity contribution < 1.29 is 4.74 Å². The van der Waals surface area contributed by atoms with E-state index in [4.69, 9.17) is 10.5 Å². The van der Waals surface area contributed by atoms with Crippen LogP contribution >= 0.6 is 0 Å². The summed E-state index contributed by atoms with van der Waals surface area (Å²) in [6.45, 7) is 7.21. The van der Waals surface area contributed by atoms with Crippen LogP contribution < -0.4 is 10.5 Å². The van der Waals surface area contributed by atoms with Gasteiger partial charge < -0.3 is 10.5 Å². The number of ether oxygens (including phenoxy) is 1. The van der Waals surface area contributed by atoms with E-state index in [1.165, 1.54) is 17.5 Å². The SMILES string of the molecule is CCN(CC)C1(CN)CCCc2cc(OC)ccc21. The highest BCUT2D eigenvalue weighted by atomic mass is 16.5. The number of nitrogens with two attached hydrogens (primary N) is 1. The third-order valence-electron chi connectivity index (χ3n) is 4.56. The Bertz CT molecular complexity index is 429. The number of aryl methyl sites for hydroxylation is 1. The number of methoxy groups -OCH3 is 1. The first-order valence-corrected chi connectivity index (χ1v) is 7.34. The van der Waals surface area contributed by atoms with E-state index in [2.05, 4.69) is 36.9 Å². The van der Waals surface area contributed by atoms with Gasteiger partial charge in [-0.3, -0.25) is 4.90 Å². The Kier molecular flexibility index (Phi) is 4.48. The van der Waals surface area contributed by atoms with Gasteiger partial charge in [0.1, 0.15) is 5.75 Å². The van der Waals surface area contributed by atoms with Crippen LogP contribution in [0, 0.1) is 0 Å². The van der Waals surface area contributed by atoms with Crippen LogP contribution in [0.5, 0.6) is 5.75 Å². The Labute approximate surface area is 116 Å². The van der Waals surface area contributed by atoms with Gasteiger partial charge in [-0.1, -0.05) is 19.9 Å². The molecule has 0 spiro atoms. The minimum absolute atomic E-state index is 0.0172. The fourth-order valence-electron chi connectivity index (χ4n) is 3.56. The smallest absolute Gasteiger partial charge is 0.119 e. The Morgan fingerprint density at radius 2 is 2.05 bits per heavy atom. The molecule has 0 saturated heterocycles. The maximum absolute atomic E-state index is 6.20. The van der Waals surface area contributed by atoms with E-state index < -0.39 is 0 Å². The van der Waals surface area contributed by atoms with Crippen molar-refractivity contribution in [1.82, 2.24) is 4.90 Å². The molecule has 0 heterocycles. The first-order chi connectivity index (χ1) is 9.21. The number of hydrogen-bond acceptors (Lipinski definition) is 3. The molecule has 1 unspecified atom stereocenters. The first-order valence-electron chi connectivity index (χ1n) is 7.34. The zero-order chi connectivity index (χ0) is 13.9. The Morgan fingerprint density at radius 3 is 2.63 bits per heavy atom. The summed E-state index contributed by atoms with van der Waals surface area (Å²) in [5.74, 6) is 0.950. The van der Waals surface area contributed by atoms with E-state index in [9.17, 15) is 0 Å². The van der Waals surface area contributed by atoms with Gasteiger partial charge >= 0.3 is 0 Å². The topological polar surface area (TPSA) is 38.5 Å². The average molecular weight is 262 g/mol. The van der Waals surface area contributed by atoms with Crippen LogP contribution in [0.25, 0.3) is 0 Å². The van der Waals surface area contributed by atoms with Crippen molar-refractivity contribution in [3.63, 3.8) is 0 Å². The predicted molar refractivity (Wildman–Crippen MR) is 79.6 cm³/mol. The second kappa shape index (κ2) is 5.93. The summed E-state index contributed by atoms with van der Waals surface area (Å²) in [6, 6.07) is 6.47. The van der Waals surface area contributed by atoms with Crippen molar-refractivity contribution >= 4 is 0 Å². The summed E-state index contributed by atoms with van der Waals surface area (Å²) in [6.07, 6.45) is 3.49. The fourth-order valence-corrected chi connectivity index (χ4v) is 3.56. The lowest BCUT2D eigenvalue weighted by Gasteiger charge is -2.46. The molecule has 3 nitrogen and oxygen atoms in total. The van der Waals surface area contributed by atoms with Crippen LogP contribution in [0.3, 0.4) is 0 Å². The lowest BCUT2D eigenvalue weighted by Crippen LogP contribution is -2.53. The number of benzene rings is 1. The second-order valence-electron chi connectivity index (χ2n) is 5.28. The molecule has 0 aromatic heterocycles. The van der Waals surface area contributed by atoms with E-state index in [1.54, 1.807) is 7.11 Å². The molecule has 0 saturated carbocycles. The summed E-state index contributed by atoms with van der Waals surface area (Å²) in [5.41, 5.74) is 9.03. The van der Waals surface area contributed by atoms with Gasteiger partial charge in [0.05, 0.1) is 12.6 Å². The van der Waals surface area contributed by atoms with E-state index >= 15 is 0 Å². The highest BCUT2D eigenvalue weighted by Crippen LogP contribution is 2.40. The molecule has 0 fully saturated rings. The molecule has 3 heteroatoms. The van der Waals surface area contributed by atoms with E-state index in [-0.39, 0.29) is 5.54 Å². The molecule has 0 aliphatic heterocycles. The summed E-state index contributed by atoms with van der Waals surface area (Å²) >= 11 is 0. The average Bonchev–Trinajstić information content (AvgIpc) is 2.47. The molecule has 106 valence electrons. The quantitative estimate of drug-likeness (QED) is 0.886. The summed E-state index contributed by atoms with van der Waals surface area (Å²) in [5, 5.41) is 0. The van der Waals surface area contributed by atoms with Crippen LogP contribution in [-0.2, 0) is 12.0 Å². The zero-order valence-corrected chi connectivity index (χ0v) is 12.4. The van der Waals surface area contributed by atoms with Crippen LogP contribution in [-0.4, -0.2) is 31.6 Å². The van der Waals surface area contributed by atoms with Crippen molar-refractivity contribution in [3.8, 4) is 5.75 Å². The number of likely N-dealkylation sites (N-methyl/N-ethyl adjacent to an activating group) is 1. The normalized spacial score (nSPS) is 22.4. The first kappa shape index (κ1) is 14.4.